The van der Waals surface area contributed by atoms with Gasteiger partial charge in [-0.2, -0.15) is 10.2 Å². The van der Waals surface area contributed by atoms with E-state index in [1.165, 1.54) is 12.4 Å². The molecule has 0 rings (SSSR count). The lowest BCUT2D eigenvalue weighted by Crippen LogP contribution is -1.86. The zero-order valence-electron chi connectivity index (χ0n) is 5.22. The molecule has 0 radical (unpaired) electrons. The SMILES string of the molecule is ClC(Cl)(Cl)Cl.NN=CC=NN. The molecular weight excluding hydrogens is 234 g/mol. The Morgan fingerprint density at radius 1 is 0.909 bits per heavy atom. The fraction of sp³-hybridized carbons (Fsp3) is 0.333. The molecule has 0 saturated carbocycles. The molecule has 0 aliphatic rings. The van der Waals surface area contributed by atoms with Gasteiger partial charge in [0.2, 0.25) is 0 Å². The number of nitrogens with zero attached hydrogens (tertiary/aromatic N) is 2. The minimum atomic E-state index is -1.61. The van der Waals surface area contributed by atoms with Gasteiger partial charge in [0.25, 0.3) is 3.25 Å². The molecule has 0 aromatic rings. The minimum Gasteiger partial charge on any atom is -0.323 e. The molecule has 0 aromatic heterocycles. The highest BCUT2D eigenvalue weighted by Crippen LogP contribution is 2.29. The molecule has 0 fully saturated rings. The van der Waals surface area contributed by atoms with Crippen molar-refractivity contribution >= 4 is 58.8 Å². The van der Waals surface area contributed by atoms with Crippen LogP contribution in [0.15, 0.2) is 10.2 Å². The highest BCUT2D eigenvalue weighted by atomic mass is 35.6. The van der Waals surface area contributed by atoms with Gasteiger partial charge in [-0.15, -0.1) is 0 Å². The molecule has 0 heterocycles. The van der Waals surface area contributed by atoms with Crippen molar-refractivity contribution in [3.63, 3.8) is 0 Å². The van der Waals surface area contributed by atoms with E-state index >= 15 is 0 Å². The Morgan fingerprint density at radius 3 is 1.18 bits per heavy atom. The first kappa shape index (κ1) is 13.7. The molecule has 0 spiro atoms. The zero-order chi connectivity index (χ0) is 9.33. The molecule has 0 aliphatic carbocycles. The van der Waals surface area contributed by atoms with Gasteiger partial charge in [0, 0.05) is 0 Å². The Bertz CT molecular complexity index is 112. The first-order valence-electron chi connectivity index (χ1n) is 2.12. The van der Waals surface area contributed by atoms with Crippen molar-refractivity contribution in [1.29, 1.82) is 0 Å². The summed E-state index contributed by atoms with van der Waals surface area (Å²) in [5, 5.41) is 6.14. The van der Waals surface area contributed by atoms with Crippen molar-refractivity contribution < 1.29 is 0 Å². The summed E-state index contributed by atoms with van der Waals surface area (Å²) < 4.78 is -1.61. The van der Waals surface area contributed by atoms with Gasteiger partial charge >= 0.3 is 0 Å². The normalized spacial score (nSPS) is 11.6. The van der Waals surface area contributed by atoms with Crippen molar-refractivity contribution in [1.82, 2.24) is 0 Å². The van der Waals surface area contributed by atoms with E-state index in [9.17, 15) is 0 Å². The lowest BCUT2D eigenvalue weighted by molar-refractivity contribution is 1.25. The summed E-state index contributed by atoms with van der Waals surface area (Å²) in [6.45, 7) is 0. The zero-order valence-corrected chi connectivity index (χ0v) is 8.24. The van der Waals surface area contributed by atoms with Gasteiger partial charge in [0.05, 0.1) is 12.4 Å². The van der Waals surface area contributed by atoms with Crippen molar-refractivity contribution in [2.75, 3.05) is 0 Å². The maximum atomic E-state index is 4.83. The first-order chi connectivity index (χ1) is 4.91. The number of rotatable bonds is 1. The van der Waals surface area contributed by atoms with Gasteiger partial charge in [0.15, 0.2) is 0 Å². The van der Waals surface area contributed by atoms with Crippen LogP contribution in [0, 0.1) is 0 Å². The molecule has 0 aromatic carbocycles. The summed E-state index contributed by atoms with van der Waals surface area (Å²) in [6.07, 6.45) is 2.58. The Balaban J connectivity index is 0. The lowest BCUT2D eigenvalue weighted by Gasteiger charge is -1.91. The van der Waals surface area contributed by atoms with Crippen molar-refractivity contribution in [3.8, 4) is 0 Å². The molecule has 0 unspecified atom stereocenters. The molecule has 4 N–H and O–H groups in total. The summed E-state index contributed by atoms with van der Waals surface area (Å²) in [7, 11) is 0. The monoisotopic (exact) mass is 238 g/mol. The molecule has 0 atom stereocenters. The fourth-order valence-corrected chi connectivity index (χ4v) is 0.0770. The Kier molecular flexibility index (Phi) is 10.2. The Labute approximate surface area is 84.1 Å². The smallest absolute Gasteiger partial charge is 0.266 e. The number of hydrogen-bond donors (Lipinski definition) is 2. The predicted molar refractivity (Wildman–Crippen MR) is 51.5 cm³/mol. The third-order valence-electron chi connectivity index (χ3n) is 0.239. The second kappa shape index (κ2) is 8.20. The van der Waals surface area contributed by atoms with Crippen LogP contribution in [0.25, 0.3) is 0 Å². The number of halogens is 4. The van der Waals surface area contributed by atoms with Gasteiger partial charge in [-0.05, 0) is 0 Å². The fourth-order valence-electron chi connectivity index (χ4n) is 0.0770. The van der Waals surface area contributed by atoms with E-state index in [0.717, 1.165) is 0 Å². The van der Waals surface area contributed by atoms with Gasteiger partial charge < -0.3 is 11.7 Å². The summed E-state index contributed by atoms with van der Waals surface area (Å²) in [4.78, 5) is 0. The van der Waals surface area contributed by atoms with Gasteiger partial charge in [-0.1, -0.05) is 46.4 Å². The summed E-state index contributed by atoms with van der Waals surface area (Å²) in [6, 6.07) is 0. The third-order valence-corrected chi connectivity index (χ3v) is 0.239. The topological polar surface area (TPSA) is 76.8 Å². The number of hydrazone groups is 2. The summed E-state index contributed by atoms with van der Waals surface area (Å²) in [5.41, 5.74) is 0. The van der Waals surface area contributed by atoms with Crippen LogP contribution in [-0.2, 0) is 0 Å². The van der Waals surface area contributed by atoms with Gasteiger partial charge in [-0.3, -0.25) is 0 Å². The highest BCUT2D eigenvalue weighted by molar-refractivity contribution is 6.83. The average molecular weight is 240 g/mol. The second-order valence-electron chi connectivity index (χ2n) is 1.02. The van der Waals surface area contributed by atoms with Gasteiger partial charge in [-0.25, -0.2) is 0 Å². The molecule has 0 amide bonds. The highest BCUT2D eigenvalue weighted by Gasteiger charge is 2.11. The van der Waals surface area contributed by atoms with E-state index in [4.69, 9.17) is 46.4 Å². The minimum absolute atomic E-state index is 1.29. The van der Waals surface area contributed by atoms with E-state index < -0.39 is 3.25 Å². The van der Waals surface area contributed by atoms with Crippen LogP contribution in [-0.4, -0.2) is 15.7 Å². The Hall–Kier alpha value is 0.100. The number of nitrogens with two attached hydrogens (primary N) is 2. The molecule has 0 bridgehead atoms. The van der Waals surface area contributed by atoms with Crippen LogP contribution >= 0.6 is 46.4 Å². The van der Waals surface area contributed by atoms with E-state index in [0.29, 0.717) is 0 Å². The molecule has 0 aliphatic heterocycles. The maximum Gasteiger partial charge on any atom is 0.266 e. The van der Waals surface area contributed by atoms with Crippen molar-refractivity contribution in [2.45, 2.75) is 3.25 Å². The summed E-state index contributed by atoms with van der Waals surface area (Å²) >= 11 is 19.3. The number of hydrogen-bond acceptors (Lipinski definition) is 4. The van der Waals surface area contributed by atoms with Crippen LogP contribution < -0.4 is 11.7 Å². The molecule has 11 heavy (non-hydrogen) atoms. The van der Waals surface area contributed by atoms with Crippen LogP contribution in [0.1, 0.15) is 0 Å². The third kappa shape index (κ3) is 69.0. The molecule has 4 nitrogen and oxygen atoms in total. The van der Waals surface area contributed by atoms with E-state index in [1.807, 2.05) is 0 Å². The largest absolute Gasteiger partial charge is 0.323 e. The predicted octanol–water partition coefficient (Wildman–Crippen LogP) is 1.43. The summed E-state index contributed by atoms with van der Waals surface area (Å²) in [5.74, 6) is 9.27. The number of alkyl halides is 4. The maximum absolute atomic E-state index is 4.83. The van der Waals surface area contributed by atoms with Crippen molar-refractivity contribution in [2.24, 2.45) is 21.9 Å². The van der Waals surface area contributed by atoms with E-state index in [-0.39, 0.29) is 0 Å². The first-order valence-corrected chi connectivity index (χ1v) is 3.63. The van der Waals surface area contributed by atoms with Gasteiger partial charge in [0.1, 0.15) is 0 Å². The van der Waals surface area contributed by atoms with E-state index in [2.05, 4.69) is 21.9 Å². The average Bonchev–Trinajstić information content (AvgIpc) is 1.79. The Morgan fingerprint density at radius 2 is 1.09 bits per heavy atom. The quantitative estimate of drug-likeness (QED) is 0.314. The standard InChI is InChI=1S/C2H6N4.CCl4/c3-5-1-2-6-4;2-1(3,4)5/h1-2H,3-4H2;. The van der Waals surface area contributed by atoms with Crippen molar-refractivity contribution in [3.05, 3.63) is 0 Å². The van der Waals surface area contributed by atoms with Crippen LogP contribution in [0.5, 0.6) is 0 Å². The van der Waals surface area contributed by atoms with Crippen LogP contribution in [0.2, 0.25) is 0 Å². The molecular formula is C3H6Cl4N4. The molecule has 0 saturated heterocycles. The molecule has 66 valence electrons. The van der Waals surface area contributed by atoms with E-state index in [1.54, 1.807) is 0 Å². The lowest BCUT2D eigenvalue weighted by atomic mass is 10.8. The van der Waals surface area contributed by atoms with Crippen LogP contribution in [0.4, 0.5) is 0 Å². The van der Waals surface area contributed by atoms with Crippen LogP contribution in [0.3, 0.4) is 0 Å². The molecule has 8 heteroatoms. The second-order valence-corrected chi connectivity index (χ2v) is 4.45.